The molecule has 0 unspecified atom stereocenters. The van der Waals surface area contributed by atoms with Gasteiger partial charge in [-0.15, -0.1) is 0 Å². The smallest absolute Gasteiger partial charge is 0.241 e. The van der Waals surface area contributed by atoms with Crippen LogP contribution in [0.2, 0.25) is 0 Å². The van der Waals surface area contributed by atoms with Crippen molar-refractivity contribution in [3.8, 4) is 0 Å². The van der Waals surface area contributed by atoms with Crippen LogP contribution in [0.1, 0.15) is 11.1 Å². The molecule has 0 aromatic heterocycles. The number of piperazine rings is 1. The number of fused-ring (bicyclic) bond motifs is 1. The van der Waals surface area contributed by atoms with Crippen molar-refractivity contribution in [1.82, 2.24) is 4.90 Å². The van der Waals surface area contributed by atoms with Gasteiger partial charge in [0.1, 0.15) is 0 Å². The maximum absolute atomic E-state index is 12.7. The summed E-state index contributed by atoms with van der Waals surface area (Å²) in [6, 6.07) is 16.9. The van der Waals surface area contributed by atoms with Gasteiger partial charge in [-0.3, -0.25) is 9.69 Å². The Morgan fingerprint density at radius 2 is 1.76 bits per heavy atom. The highest BCUT2D eigenvalue weighted by Gasteiger charge is 2.26. The van der Waals surface area contributed by atoms with Crippen molar-refractivity contribution in [2.75, 3.05) is 49.1 Å². The number of carbonyl (C=O) groups excluding carboxylic acids is 1. The number of carbonyl (C=O) groups is 1. The van der Waals surface area contributed by atoms with Crippen LogP contribution in [0.4, 0.5) is 11.4 Å². The molecule has 1 saturated heterocycles. The van der Waals surface area contributed by atoms with Crippen molar-refractivity contribution in [2.24, 2.45) is 0 Å². The number of hydrogen-bond donors (Lipinski definition) is 0. The molecule has 0 N–H and O–H groups in total. The summed E-state index contributed by atoms with van der Waals surface area (Å²) in [5.41, 5.74) is 4.98. The van der Waals surface area contributed by atoms with E-state index in [0.29, 0.717) is 6.54 Å². The molecule has 2 aliphatic heterocycles. The Morgan fingerprint density at radius 3 is 2.56 bits per heavy atom. The molecule has 130 valence electrons. The van der Waals surface area contributed by atoms with E-state index in [1.165, 1.54) is 16.8 Å². The lowest BCUT2D eigenvalue weighted by atomic mass is 10.2. The minimum atomic E-state index is 0.231. The van der Waals surface area contributed by atoms with Gasteiger partial charge in [0.2, 0.25) is 5.91 Å². The summed E-state index contributed by atoms with van der Waals surface area (Å²) in [6.45, 7) is 7.31. The molecule has 0 radical (unpaired) electrons. The fraction of sp³-hybridized carbons (Fsp3) is 0.381. The lowest BCUT2D eigenvalue weighted by molar-refractivity contribution is -0.119. The number of para-hydroxylation sites is 1. The molecule has 0 bridgehead atoms. The van der Waals surface area contributed by atoms with E-state index in [2.05, 4.69) is 59.2 Å². The number of benzene rings is 2. The predicted octanol–water partition coefficient (Wildman–Crippen LogP) is 2.71. The average Bonchev–Trinajstić information content (AvgIpc) is 3.06. The zero-order valence-corrected chi connectivity index (χ0v) is 14.8. The van der Waals surface area contributed by atoms with Gasteiger partial charge in [0.15, 0.2) is 0 Å². The number of rotatable bonds is 3. The van der Waals surface area contributed by atoms with Crippen LogP contribution in [0.3, 0.4) is 0 Å². The Balaban J connectivity index is 1.34. The fourth-order valence-corrected chi connectivity index (χ4v) is 3.86. The Hall–Kier alpha value is -2.33. The first-order valence-corrected chi connectivity index (χ1v) is 9.13. The first kappa shape index (κ1) is 16.2. The van der Waals surface area contributed by atoms with Crippen molar-refractivity contribution in [1.29, 1.82) is 0 Å². The third-order valence-electron chi connectivity index (χ3n) is 5.29. The molecule has 0 spiro atoms. The van der Waals surface area contributed by atoms with Crippen LogP contribution in [-0.4, -0.2) is 50.1 Å². The second-order valence-electron chi connectivity index (χ2n) is 7.03. The summed E-state index contributed by atoms with van der Waals surface area (Å²) >= 11 is 0. The molecule has 1 fully saturated rings. The van der Waals surface area contributed by atoms with E-state index >= 15 is 0 Å². The lowest BCUT2D eigenvalue weighted by Crippen LogP contribution is -2.50. The minimum Gasteiger partial charge on any atom is -0.369 e. The monoisotopic (exact) mass is 335 g/mol. The summed E-state index contributed by atoms with van der Waals surface area (Å²) < 4.78 is 0. The van der Waals surface area contributed by atoms with Crippen LogP contribution < -0.4 is 9.80 Å². The Labute approximate surface area is 149 Å². The summed E-state index contributed by atoms with van der Waals surface area (Å²) in [5.74, 6) is 0.231. The fourth-order valence-electron chi connectivity index (χ4n) is 3.86. The van der Waals surface area contributed by atoms with Crippen LogP contribution in [0.15, 0.2) is 48.5 Å². The highest BCUT2D eigenvalue weighted by Crippen LogP contribution is 2.27. The van der Waals surface area contributed by atoms with E-state index in [1.807, 2.05) is 11.0 Å². The summed E-state index contributed by atoms with van der Waals surface area (Å²) in [7, 11) is 0. The number of anilines is 2. The van der Waals surface area contributed by atoms with Gasteiger partial charge in [-0.05, 0) is 42.7 Å². The maximum atomic E-state index is 12.7. The summed E-state index contributed by atoms with van der Waals surface area (Å²) in [5, 5.41) is 0. The van der Waals surface area contributed by atoms with Gasteiger partial charge in [0, 0.05) is 44.1 Å². The zero-order chi connectivity index (χ0) is 17.2. The van der Waals surface area contributed by atoms with E-state index in [-0.39, 0.29) is 5.91 Å². The van der Waals surface area contributed by atoms with Gasteiger partial charge in [-0.25, -0.2) is 0 Å². The highest BCUT2D eigenvalue weighted by molar-refractivity contribution is 5.96. The third kappa shape index (κ3) is 3.40. The number of amides is 1. The van der Waals surface area contributed by atoms with E-state index in [9.17, 15) is 4.79 Å². The molecule has 25 heavy (non-hydrogen) atoms. The minimum absolute atomic E-state index is 0.231. The standard InChI is InChI=1S/C21H25N3O/c1-17-5-4-7-19(15-17)23-13-11-22(12-14-23)16-21(25)24-10-9-18-6-2-3-8-20(18)24/h2-8,15H,9-14,16H2,1H3. The van der Waals surface area contributed by atoms with Gasteiger partial charge in [-0.2, -0.15) is 0 Å². The van der Waals surface area contributed by atoms with Crippen molar-refractivity contribution in [3.05, 3.63) is 59.7 Å². The molecular formula is C21H25N3O. The van der Waals surface area contributed by atoms with Gasteiger partial charge in [0.05, 0.1) is 6.54 Å². The van der Waals surface area contributed by atoms with E-state index in [0.717, 1.165) is 44.8 Å². The molecular weight excluding hydrogens is 310 g/mol. The van der Waals surface area contributed by atoms with Crippen LogP contribution in [0, 0.1) is 6.92 Å². The predicted molar refractivity (Wildman–Crippen MR) is 102 cm³/mol. The normalized spacial score (nSPS) is 17.6. The first-order valence-electron chi connectivity index (χ1n) is 9.13. The zero-order valence-electron chi connectivity index (χ0n) is 14.8. The lowest BCUT2D eigenvalue weighted by Gasteiger charge is -2.36. The van der Waals surface area contributed by atoms with Gasteiger partial charge >= 0.3 is 0 Å². The van der Waals surface area contributed by atoms with Crippen LogP contribution in [0.5, 0.6) is 0 Å². The molecule has 2 aromatic rings. The molecule has 4 rings (SSSR count). The Kier molecular flexibility index (Phi) is 4.45. The van der Waals surface area contributed by atoms with Gasteiger partial charge in [0.25, 0.3) is 0 Å². The van der Waals surface area contributed by atoms with E-state index in [4.69, 9.17) is 0 Å². The molecule has 2 aliphatic rings. The molecule has 1 amide bonds. The largest absolute Gasteiger partial charge is 0.369 e. The third-order valence-corrected chi connectivity index (χ3v) is 5.29. The first-order chi connectivity index (χ1) is 12.2. The van der Waals surface area contributed by atoms with Crippen LogP contribution >= 0.6 is 0 Å². The SMILES string of the molecule is Cc1cccc(N2CCN(CC(=O)N3CCc4ccccc43)CC2)c1. The summed E-state index contributed by atoms with van der Waals surface area (Å²) in [4.78, 5) is 19.4. The second-order valence-corrected chi connectivity index (χ2v) is 7.03. The number of hydrogen-bond acceptors (Lipinski definition) is 3. The Bertz CT molecular complexity index is 765. The van der Waals surface area contributed by atoms with Crippen molar-refractivity contribution in [3.63, 3.8) is 0 Å². The average molecular weight is 335 g/mol. The number of aryl methyl sites for hydroxylation is 1. The van der Waals surface area contributed by atoms with Crippen LogP contribution in [0.25, 0.3) is 0 Å². The summed E-state index contributed by atoms with van der Waals surface area (Å²) in [6.07, 6.45) is 0.975. The van der Waals surface area contributed by atoms with Gasteiger partial charge in [-0.1, -0.05) is 30.3 Å². The quantitative estimate of drug-likeness (QED) is 0.863. The molecule has 2 heterocycles. The molecule has 0 aliphatic carbocycles. The van der Waals surface area contributed by atoms with Crippen molar-refractivity contribution < 1.29 is 4.79 Å². The molecule has 4 nitrogen and oxygen atoms in total. The topological polar surface area (TPSA) is 26.8 Å². The van der Waals surface area contributed by atoms with Crippen molar-refractivity contribution in [2.45, 2.75) is 13.3 Å². The van der Waals surface area contributed by atoms with Gasteiger partial charge < -0.3 is 9.80 Å². The second kappa shape index (κ2) is 6.89. The maximum Gasteiger partial charge on any atom is 0.241 e. The van der Waals surface area contributed by atoms with E-state index < -0.39 is 0 Å². The molecule has 0 atom stereocenters. The van der Waals surface area contributed by atoms with E-state index in [1.54, 1.807) is 0 Å². The molecule has 0 saturated carbocycles. The Morgan fingerprint density at radius 1 is 0.960 bits per heavy atom. The van der Waals surface area contributed by atoms with Crippen molar-refractivity contribution >= 4 is 17.3 Å². The van der Waals surface area contributed by atoms with Crippen LogP contribution in [-0.2, 0) is 11.2 Å². The molecule has 2 aromatic carbocycles. The highest BCUT2D eigenvalue weighted by atomic mass is 16.2. The molecule has 4 heteroatoms. The number of nitrogens with zero attached hydrogens (tertiary/aromatic N) is 3.